The van der Waals surface area contributed by atoms with E-state index in [1.165, 1.54) is 6.20 Å². The lowest BCUT2D eigenvalue weighted by atomic mass is 9.98. The fraction of sp³-hybridized carbons (Fsp3) is 0.412. The summed E-state index contributed by atoms with van der Waals surface area (Å²) in [7, 11) is 0. The maximum Gasteiger partial charge on any atom is 0.410 e. The Kier molecular flexibility index (Phi) is 9.92. The number of benzene rings is 2. The van der Waals surface area contributed by atoms with E-state index in [1.54, 1.807) is 46.7 Å². The summed E-state index contributed by atoms with van der Waals surface area (Å²) in [5.74, 6) is -0.927. The number of nitrogens with zero attached hydrogens (tertiary/aromatic N) is 5. The average molecular weight is 645 g/mol. The number of aromatic nitrogens is 3. The summed E-state index contributed by atoms with van der Waals surface area (Å²) in [5.41, 5.74) is 2.17. The molecule has 248 valence electrons. The molecule has 1 unspecified atom stereocenters. The molecule has 2 aromatic carbocycles. The van der Waals surface area contributed by atoms with Gasteiger partial charge in [-0.05, 0) is 55.7 Å². The summed E-state index contributed by atoms with van der Waals surface area (Å²) in [4.78, 5) is 53.6. The molecule has 2 amide bonds. The van der Waals surface area contributed by atoms with Gasteiger partial charge in [-0.15, -0.1) is 10.2 Å². The molecule has 2 N–H and O–H groups in total. The fourth-order valence-electron chi connectivity index (χ4n) is 5.31. The maximum atomic E-state index is 12.8. The molecule has 1 aliphatic rings. The van der Waals surface area contributed by atoms with E-state index in [0.29, 0.717) is 61.1 Å². The molecule has 1 saturated heterocycles. The van der Waals surface area contributed by atoms with E-state index in [4.69, 9.17) is 9.15 Å². The highest BCUT2D eigenvalue weighted by molar-refractivity contribution is 5.95. The van der Waals surface area contributed by atoms with Gasteiger partial charge in [-0.25, -0.2) is 9.59 Å². The van der Waals surface area contributed by atoms with E-state index in [9.17, 15) is 24.3 Å². The first-order chi connectivity index (χ1) is 22.5. The topological polar surface area (TPSA) is 160 Å². The van der Waals surface area contributed by atoms with Crippen LogP contribution in [0.3, 0.4) is 0 Å². The van der Waals surface area contributed by atoms with Crippen molar-refractivity contribution >= 4 is 40.2 Å². The lowest BCUT2D eigenvalue weighted by molar-refractivity contribution is -0.117. The van der Waals surface area contributed by atoms with Crippen LogP contribution in [0.2, 0.25) is 0 Å². The van der Waals surface area contributed by atoms with Crippen LogP contribution in [0, 0.1) is 5.92 Å². The molecular weight excluding hydrogens is 604 g/mol. The van der Waals surface area contributed by atoms with Crippen molar-refractivity contribution in [2.75, 3.05) is 36.4 Å². The number of piperazine rings is 1. The van der Waals surface area contributed by atoms with Crippen molar-refractivity contribution in [3.05, 3.63) is 81.8 Å². The van der Waals surface area contributed by atoms with Crippen molar-refractivity contribution < 1.29 is 28.6 Å². The largest absolute Gasteiger partial charge is 0.477 e. The second kappa shape index (κ2) is 14.1. The number of hydrogen-bond donors (Lipinski definition) is 2. The van der Waals surface area contributed by atoms with Gasteiger partial charge in [0.05, 0.1) is 5.52 Å². The van der Waals surface area contributed by atoms with Crippen molar-refractivity contribution in [2.24, 2.45) is 5.92 Å². The molecule has 47 heavy (non-hydrogen) atoms. The number of amides is 2. The lowest BCUT2D eigenvalue weighted by Crippen LogP contribution is -2.49. The number of fused-ring (bicyclic) bond motifs is 1. The predicted octanol–water partition coefficient (Wildman–Crippen LogP) is 5.06. The minimum atomic E-state index is -1.25. The Morgan fingerprint density at radius 1 is 0.979 bits per heavy atom. The number of carboxylic acid groups (broad SMARTS) is 1. The smallest absolute Gasteiger partial charge is 0.410 e. The van der Waals surface area contributed by atoms with Gasteiger partial charge in [0.15, 0.2) is 0 Å². The van der Waals surface area contributed by atoms with Crippen molar-refractivity contribution in [3.63, 3.8) is 0 Å². The first-order valence-corrected chi connectivity index (χ1v) is 15.8. The van der Waals surface area contributed by atoms with Crippen molar-refractivity contribution in [1.82, 2.24) is 19.7 Å². The van der Waals surface area contributed by atoms with Gasteiger partial charge in [0.2, 0.25) is 23.1 Å². The third-order valence-electron chi connectivity index (χ3n) is 8.73. The summed E-state index contributed by atoms with van der Waals surface area (Å²) in [6, 6.07) is 12.4. The SMILES string of the molecule is CCn1cc(C(=O)O)c(=O)c2ccc(N3CCN(C(=O)OCc4ccc(NC(=O)C(C)c5nnc([C@@H](C)C(C)C)o5)cc4)CC3)cc21. The number of aryl methyl sites for hydroxylation is 1. The second-order valence-corrected chi connectivity index (χ2v) is 12.1. The molecule has 0 bridgehead atoms. The van der Waals surface area contributed by atoms with Gasteiger partial charge in [0.25, 0.3) is 0 Å². The summed E-state index contributed by atoms with van der Waals surface area (Å²) in [5, 5.41) is 20.8. The van der Waals surface area contributed by atoms with E-state index in [1.807, 2.05) is 26.0 Å². The number of aromatic carboxylic acids is 1. The van der Waals surface area contributed by atoms with E-state index in [-0.39, 0.29) is 29.9 Å². The number of ether oxygens (including phenoxy) is 1. The summed E-state index contributed by atoms with van der Waals surface area (Å²) >= 11 is 0. The number of carboxylic acids is 1. The average Bonchev–Trinajstić information content (AvgIpc) is 3.57. The quantitative estimate of drug-likeness (QED) is 0.239. The van der Waals surface area contributed by atoms with Crippen LogP contribution in [0.25, 0.3) is 10.9 Å². The number of hydrogen-bond acceptors (Lipinski definition) is 9. The molecule has 1 fully saturated rings. The zero-order chi connectivity index (χ0) is 33.8. The molecule has 0 aliphatic carbocycles. The first kappa shape index (κ1) is 33.2. The highest BCUT2D eigenvalue weighted by atomic mass is 16.6. The molecule has 0 spiro atoms. The molecule has 0 radical (unpaired) electrons. The van der Waals surface area contributed by atoms with Gasteiger partial charge in [0.1, 0.15) is 18.1 Å². The Morgan fingerprint density at radius 2 is 1.66 bits per heavy atom. The van der Waals surface area contributed by atoms with Crippen LogP contribution in [0.1, 0.15) is 74.2 Å². The molecule has 3 heterocycles. The second-order valence-electron chi connectivity index (χ2n) is 12.1. The molecule has 5 rings (SSSR count). The van der Waals surface area contributed by atoms with Crippen molar-refractivity contribution in [3.8, 4) is 0 Å². The molecule has 2 aromatic heterocycles. The van der Waals surface area contributed by atoms with Gasteiger partial charge in [-0.3, -0.25) is 9.59 Å². The Balaban J connectivity index is 1.11. The molecule has 0 saturated carbocycles. The number of carbonyl (C=O) groups is 3. The molecule has 13 nitrogen and oxygen atoms in total. The number of carbonyl (C=O) groups excluding carboxylic acids is 2. The van der Waals surface area contributed by atoms with Crippen LogP contribution in [-0.4, -0.2) is 68.9 Å². The Morgan fingerprint density at radius 3 is 2.30 bits per heavy atom. The van der Waals surface area contributed by atoms with Crippen molar-refractivity contribution in [1.29, 1.82) is 0 Å². The van der Waals surface area contributed by atoms with E-state index >= 15 is 0 Å². The number of nitrogens with one attached hydrogen (secondary N) is 1. The van der Waals surface area contributed by atoms with Crippen LogP contribution in [0.15, 0.2) is 57.9 Å². The third-order valence-corrected chi connectivity index (χ3v) is 8.73. The van der Waals surface area contributed by atoms with Crippen LogP contribution < -0.4 is 15.6 Å². The van der Waals surface area contributed by atoms with E-state index < -0.39 is 23.4 Å². The minimum absolute atomic E-state index is 0.0834. The van der Waals surface area contributed by atoms with Crippen LogP contribution in [-0.2, 0) is 22.7 Å². The number of rotatable bonds is 10. The Bertz CT molecular complexity index is 1820. The Labute approximate surface area is 272 Å². The zero-order valence-electron chi connectivity index (χ0n) is 27.2. The van der Waals surface area contributed by atoms with Crippen LogP contribution >= 0.6 is 0 Å². The molecule has 13 heteroatoms. The fourth-order valence-corrected chi connectivity index (χ4v) is 5.31. The first-order valence-electron chi connectivity index (χ1n) is 15.8. The van der Waals surface area contributed by atoms with Crippen LogP contribution in [0.5, 0.6) is 0 Å². The standard InChI is InChI=1S/C34H40N6O7/c1-6-38-18-27(33(43)44)29(41)26-12-11-25(17-28(26)38)39-13-15-40(16-14-39)34(45)46-19-23-7-9-24(10-8-23)35-30(42)22(5)32-37-36-31(47-32)21(4)20(2)3/h7-12,17-18,20-22H,6,13-16,19H2,1-5H3,(H,35,42)(H,43,44)/t21-,22?/m0/s1. The highest BCUT2D eigenvalue weighted by Crippen LogP contribution is 2.26. The lowest BCUT2D eigenvalue weighted by Gasteiger charge is -2.35. The van der Waals surface area contributed by atoms with Crippen LogP contribution in [0.4, 0.5) is 16.2 Å². The molecule has 1 aliphatic heterocycles. The van der Waals surface area contributed by atoms with Gasteiger partial charge < -0.3 is 33.9 Å². The molecule has 4 aromatic rings. The van der Waals surface area contributed by atoms with Gasteiger partial charge in [-0.2, -0.15) is 0 Å². The van der Waals surface area contributed by atoms with Gasteiger partial charge in [0, 0.05) is 61.6 Å². The van der Waals surface area contributed by atoms with Gasteiger partial charge >= 0.3 is 12.1 Å². The number of anilines is 2. The Hall–Kier alpha value is -5.20. The number of pyridine rings is 1. The zero-order valence-corrected chi connectivity index (χ0v) is 27.2. The predicted molar refractivity (Wildman–Crippen MR) is 176 cm³/mol. The van der Waals surface area contributed by atoms with E-state index in [0.717, 1.165) is 11.3 Å². The monoisotopic (exact) mass is 644 g/mol. The summed E-state index contributed by atoms with van der Waals surface area (Å²) in [6.07, 6.45) is 0.969. The molecular formula is C34H40N6O7. The van der Waals surface area contributed by atoms with E-state index in [2.05, 4.69) is 34.3 Å². The minimum Gasteiger partial charge on any atom is -0.477 e. The third kappa shape index (κ3) is 7.29. The molecule has 2 atom stereocenters. The summed E-state index contributed by atoms with van der Waals surface area (Å²) in [6.45, 7) is 12.4. The highest BCUT2D eigenvalue weighted by Gasteiger charge is 2.26. The summed E-state index contributed by atoms with van der Waals surface area (Å²) < 4.78 is 13.1. The van der Waals surface area contributed by atoms with Crippen molar-refractivity contribution in [2.45, 2.75) is 59.6 Å². The maximum absolute atomic E-state index is 12.8. The normalized spacial score (nSPS) is 14.7. The van der Waals surface area contributed by atoms with Gasteiger partial charge in [-0.1, -0.05) is 32.9 Å².